The number of piperidine rings is 1. The van der Waals surface area contributed by atoms with Gasteiger partial charge in [0, 0.05) is 62.6 Å². The van der Waals surface area contributed by atoms with Crippen molar-refractivity contribution in [2.75, 3.05) is 44.7 Å². The molecule has 0 aliphatic carbocycles. The lowest BCUT2D eigenvalue weighted by Gasteiger charge is -2.50. The standard InChI is InChI=1S/C21H32N4O5/c1-21(2,3)19-14-16(7-8-24(19)20(26)27)23-11-9-22(10-12-23)15-5-6-17(25(28)29)18(13-15)30-4/h5-6,13,16,19H,7-12,14H2,1-4H3,(H,26,27)/p-1. The van der Waals surface area contributed by atoms with Crippen molar-refractivity contribution in [2.45, 2.75) is 45.7 Å². The fourth-order valence-corrected chi connectivity index (χ4v) is 4.68. The van der Waals surface area contributed by atoms with Crippen LogP contribution in [-0.4, -0.2) is 72.7 Å². The van der Waals surface area contributed by atoms with Gasteiger partial charge in [-0.05, 0) is 24.3 Å². The van der Waals surface area contributed by atoms with Gasteiger partial charge in [0.05, 0.1) is 12.0 Å². The van der Waals surface area contributed by atoms with E-state index in [1.807, 2.05) is 0 Å². The summed E-state index contributed by atoms with van der Waals surface area (Å²) in [6, 6.07) is 5.27. The van der Waals surface area contributed by atoms with Crippen LogP contribution in [0.2, 0.25) is 0 Å². The molecule has 0 saturated carbocycles. The first-order valence-electron chi connectivity index (χ1n) is 10.4. The predicted octanol–water partition coefficient (Wildman–Crippen LogP) is 1.95. The molecule has 9 heteroatoms. The first-order valence-corrected chi connectivity index (χ1v) is 10.4. The van der Waals surface area contributed by atoms with E-state index in [9.17, 15) is 20.0 Å². The lowest BCUT2D eigenvalue weighted by Crippen LogP contribution is -2.60. The van der Waals surface area contributed by atoms with E-state index in [1.165, 1.54) is 18.1 Å². The van der Waals surface area contributed by atoms with Gasteiger partial charge in [0.1, 0.15) is 6.09 Å². The minimum atomic E-state index is -1.08. The van der Waals surface area contributed by atoms with Crippen LogP contribution in [-0.2, 0) is 0 Å². The minimum Gasteiger partial charge on any atom is -0.530 e. The summed E-state index contributed by atoms with van der Waals surface area (Å²) >= 11 is 0. The number of carbonyl (C=O) groups excluding carboxylic acids is 1. The molecule has 2 fully saturated rings. The molecular weight excluding hydrogens is 388 g/mol. The minimum absolute atomic E-state index is 0.0345. The van der Waals surface area contributed by atoms with Gasteiger partial charge in [0.25, 0.3) is 0 Å². The Hall–Kier alpha value is -2.55. The molecule has 1 amide bonds. The molecule has 0 aromatic heterocycles. The van der Waals surface area contributed by atoms with Crippen LogP contribution in [0.5, 0.6) is 5.75 Å². The molecule has 30 heavy (non-hydrogen) atoms. The number of ether oxygens (including phenoxy) is 1. The summed E-state index contributed by atoms with van der Waals surface area (Å²) in [5.74, 6) is 0.266. The third-order valence-corrected chi connectivity index (χ3v) is 6.36. The Bertz CT molecular complexity index is 786. The van der Waals surface area contributed by atoms with Gasteiger partial charge in [-0.3, -0.25) is 15.0 Å². The number of anilines is 1. The van der Waals surface area contributed by atoms with Crippen molar-refractivity contribution in [3.8, 4) is 5.75 Å². The van der Waals surface area contributed by atoms with Crippen LogP contribution in [0.15, 0.2) is 18.2 Å². The Morgan fingerprint density at radius 1 is 1.17 bits per heavy atom. The maximum Gasteiger partial charge on any atom is 0.311 e. The number of nitrogens with zero attached hydrogens (tertiary/aromatic N) is 4. The van der Waals surface area contributed by atoms with Crippen LogP contribution in [0.3, 0.4) is 0 Å². The van der Waals surface area contributed by atoms with Gasteiger partial charge in [-0.25, -0.2) is 0 Å². The molecule has 2 unspecified atom stereocenters. The summed E-state index contributed by atoms with van der Waals surface area (Å²) < 4.78 is 5.19. The number of hydrogen-bond acceptors (Lipinski definition) is 7. The molecule has 0 spiro atoms. The van der Waals surface area contributed by atoms with Crippen LogP contribution >= 0.6 is 0 Å². The van der Waals surface area contributed by atoms with Crippen molar-refractivity contribution < 1.29 is 19.6 Å². The highest BCUT2D eigenvalue weighted by atomic mass is 16.6. The third-order valence-electron chi connectivity index (χ3n) is 6.36. The number of nitro benzene ring substituents is 1. The molecule has 0 bridgehead atoms. The van der Waals surface area contributed by atoms with Crippen LogP contribution in [0.25, 0.3) is 0 Å². The number of nitro groups is 1. The fraction of sp³-hybridized carbons (Fsp3) is 0.667. The van der Waals surface area contributed by atoms with E-state index in [2.05, 4.69) is 30.6 Å². The van der Waals surface area contributed by atoms with E-state index < -0.39 is 11.0 Å². The van der Waals surface area contributed by atoms with E-state index in [1.54, 1.807) is 12.1 Å². The topological polar surface area (TPSA) is 102 Å². The number of hydrogen-bond donors (Lipinski definition) is 0. The highest BCUT2D eigenvalue weighted by Crippen LogP contribution is 2.35. The van der Waals surface area contributed by atoms with Crippen LogP contribution in [0.4, 0.5) is 16.2 Å². The lowest BCUT2D eigenvalue weighted by molar-refractivity contribution is -0.385. The summed E-state index contributed by atoms with van der Waals surface area (Å²) in [4.78, 5) is 28.4. The number of amides is 1. The van der Waals surface area contributed by atoms with E-state index >= 15 is 0 Å². The Kier molecular flexibility index (Phi) is 6.40. The average molecular weight is 420 g/mol. The summed E-state index contributed by atoms with van der Waals surface area (Å²) in [5, 5.41) is 22.7. The highest BCUT2D eigenvalue weighted by Gasteiger charge is 2.38. The summed E-state index contributed by atoms with van der Waals surface area (Å²) in [6.45, 7) is 10.1. The Labute approximate surface area is 177 Å². The van der Waals surface area contributed by atoms with Gasteiger partial charge in [-0.2, -0.15) is 0 Å². The molecule has 2 atom stereocenters. The molecule has 1 aromatic carbocycles. The third kappa shape index (κ3) is 4.61. The molecule has 3 rings (SSSR count). The smallest absolute Gasteiger partial charge is 0.311 e. The van der Waals surface area contributed by atoms with Gasteiger partial charge < -0.3 is 24.4 Å². The molecule has 1 aromatic rings. The molecule has 2 aliphatic heterocycles. The number of benzene rings is 1. The Balaban J connectivity index is 1.64. The molecular formula is C21H31N4O5-. The molecule has 0 radical (unpaired) electrons. The predicted molar refractivity (Wildman–Crippen MR) is 112 cm³/mol. The van der Waals surface area contributed by atoms with E-state index in [0.717, 1.165) is 44.7 Å². The van der Waals surface area contributed by atoms with Crippen molar-refractivity contribution in [1.29, 1.82) is 0 Å². The lowest BCUT2D eigenvalue weighted by atomic mass is 9.79. The van der Waals surface area contributed by atoms with Crippen LogP contribution in [0, 0.1) is 15.5 Å². The fourth-order valence-electron chi connectivity index (χ4n) is 4.68. The molecule has 2 aliphatic rings. The van der Waals surface area contributed by atoms with Gasteiger partial charge in [0.15, 0.2) is 5.75 Å². The SMILES string of the molecule is COc1cc(N2CCN(C3CCN(C(=O)[O-])C(C(C)(C)C)C3)CC2)ccc1[N+](=O)[O-]. The number of carboxylic acid groups (broad SMARTS) is 1. The average Bonchev–Trinajstić information content (AvgIpc) is 2.72. The van der Waals surface area contributed by atoms with Crippen LogP contribution < -0.4 is 14.7 Å². The van der Waals surface area contributed by atoms with E-state index in [4.69, 9.17) is 4.74 Å². The summed E-state index contributed by atoms with van der Waals surface area (Å²) in [6.07, 6.45) is 0.541. The zero-order valence-electron chi connectivity index (χ0n) is 18.2. The maximum absolute atomic E-state index is 11.6. The maximum atomic E-state index is 11.6. The van der Waals surface area contributed by atoms with Crippen molar-refractivity contribution >= 4 is 17.5 Å². The number of likely N-dealkylation sites (tertiary alicyclic amines) is 1. The Morgan fingerprint density at radius 2 is 1.83 bits per heavy atom. The zero-order chi connectivity index (χ0) is 22.1. The molecule has 9 nitrogen and oxygen atoms in total. The van der Waals surface area contributed by atoms with Gasteiger partial charge in [-0.15, -0.1) is 0 Å². The second-order valence-corrected chi connectivity index (χ2v) is 9.16. The normalized spacial score (nSPS) is 23.3. The van der Waals surface area contributed by atoms with E-state index in [0.29, 0.717) is 12.6 Å². The van der Waals surface area contributed by atoms with E-state index in [-0.39, 0.29) is 22.9 Å². The largest absolute Gasteiger partial charge is 0.530 e. The zero-order valence-corrected chi connectivity index (χ0v) is 18.2. The number of methoxy groups -OCH3 is 1. The number of piperazine rings is 1. The first kappa shape index (κ1) is 22.1. The monoisotopic (exact) mass is 419 g/mol. The molecule has 2 heterocycles. The summed E-state index contributed by atoms with van der Waals surface area (Å²) in [7, 11) is 1.44. The van der Waals surface area contributed by atoms with Gasteiger partial charge in [0.2, 0.25) is 0 Å². The second kappa shape index (κ2) is 8.67. The van der Waals surface area contributed by atoms with Gasteiger partial charge in [-0.1, -0.05) is 20.8 Å². The molecule has 166 valence electrons. The van der Waals surface area contributed by atoms with Crippen molar-refractivity contribution in [3.63, 3.8) is 0 Å². The summed E-state index contributed by atoms with van der Waals surface area (Å²) in [5.41, 5.74) is 0.736. The Morgan fingerprint density at radius 3 is 2.37 bits per heavy atom. The number of rotatable bonds is 4. The molecule has 0 N–H and O–H groups in total. The van der Waals surface area contributed by atoms with Crippen LogP contribution in [0.1, 0.15) is 33.6 Å². The van der Waals surface area contributed by atoms with Crippen molar-refractivity contribution in [3.05, 3.63) is 28.3 Å². The second-order valence-electron chi connectivity index (χ2n) is 9.16. The van der Waals surface area contributed by atoms with Crippen molar-refractivity contribution in [1.82, 2.24) is 9.80 Å². The number of carbonyl (C=O) groups is 1. The first-order chi connectivity index (χ1) is 14.1. The highest BCUT2D eigenvalue weighted by molar-refractivity contribution is 5.63. The quantitative estimate of drug-likeness (QED) is 0.543. The molecule has 2 saturated heterocycles. The van der Waals surface area contributed by atoms with Crippen molar-refractivity contribution in [2.24, 2.45) is 5.41 Å². The van der Waals surface area contributed by atoms with Gasteiger partial charge >= 0.3 is 5.69 Å².